The fourth-order valence-corrected chi connectivity index (χ4v) is 2.24. The average Bonchev–Trinajstić information content (AvgIpc) is 2.81. The van der Waals surface area contributed by atoms with E-state index in [-0.39, 0.29) is 17.1 Å². The highest BCUT2D eigenvalue weighted by Crippen LogP contribution is 2.16. The van der Waals surface area contributed by atoms with E-state index in [9.17, 15) is 13.6 Å². The van der Waals surface area contributed by atoms with Crippen LogP contribution in [-0.4, -0.2) is 11.5 Å². The summed E-state index contributed by atoms with van der Waals surface area (Å²) >= 11 is 1.32. The van der Waals surface area contributed by atoms with Gasteiger partial charge in [0.15, 0.2) is 5.78 Å². The van der Waals surface area contributed by atoms with Crippen molar-refractivity contribution in [1.29, 1.82) is 0 Å². The molecular formula is C13H10F2O2S. The molecule has 0 N–H and O–H groups in total. The highest BCUT2D eigenvalue weighted by atomic mass is 32.2. The van der Waals surface area contributed by atoms with E-state index in [1.54, 1.807) is 18.4 Å². The van der Waals surface area contributed by atoms with Gasteiger partial charge in [0.1, 0.15) is 17.4 Å². The van der Waals surface area contributed by atoms with Crippen molar-refractivity contribution < 1.29 is 18.0 Å². The SMILES string of the molecule is O=C(CSCc1ccco1)c1ccc(F)cc1F. The van der Waals surface area contributed by atoms with Crippen LogP contribution in [0.5, 0.6) is 0 Å². The van der Waals surface area contributed by atoms with Crippen molar-refractivity contribution in [1.82, 2.24) is 0 Å². The van der Waals surface area contributed by atoms with Gasteiger partial charge in [-0.05, 0) is 24.3 Å². The topological polar surface area (TPSA) is 30.2 Å². The molecule has 1 heterocycles. The zero-order valence-corrected chi connectivity index (χ0v) is 10.2. The molecule has 94 valence electrons. The van der Waals surface area contributed by atoms with Gasteiger partial charge in [0.05, 0.1) is 23.3 Å². The molecule has 5 heteroatoms. The number of carbonyl (C=O) groups excluding carboxylic acids is 1. The molecule has 2 nitrogen and oxygen atoms in total. The maximum atomic E-state index is 13.3. The molecule has 0 spiro atoms. The quantitative estimate of drug-likeness (QED) is 0.775. The van der Waals surface area contributed by atoms with E-state index in [2.05, 4.69) is 0 Å². The van der Waals surface area contributed by atoms with Crippen molar-refractivity contribution in [3.8, 4) is 0 Å². The summed E-state index contributed by atoms with van der Waals surface area (Å²) < 4.78 is 31.1. The highest BCUT2D eigenvalue weighted by molar-refractivity contribution is 7.99. The molecule has 2 aromatic rings. The molecule has 0 aliphatic heterocycles. The number of benzene rings is 1. The smallest absolute Gasteiger partial charge is 0.175 e. The third kappa shape index (κ3) is 3.20. The summed E-state index contributed by atoms with van der Waals surface area (Å²) in [6.07, 6.45) is 1.55. The monoisotopic (exact) mass is 268 g/mol. The van der Waals surface area contributed by atoms with Crippen molar-refractivity contribution in [2.24, 2.45) is 0 Å². The predicted octanol–water partition coefficient (Wildman–Crippen LogP) is 3.67. The standard InChI is InChI=1S/C13H10F2O2S/c14-9-3-4-11(12(15)6-9)13(16)8-18-7-10-2-1-5-17-10/h1-6H,7-8H2. The Bertz CT molecular complexity index is 538. The summed E-state index contributed by atoms with van der Waals surface area (Å²) in [4.78, 5) is 11.7. The van der Waals surface area contributed by atoms with Crippen molar-refractivity contribution in [3.63, 3.8) is 0 Å². The van der Waals surface area contributed by atoms with Crippen LogP contribution in [0, 0.1) is 11.6 Å². The number of rotatable bonds is 5. The first-order valence-corrected chi connectivity index (χ1v) is 6.40. The van der Waals surface area contributed by atoms with Crippen molar-refractivity contribution >= 4 is 17.5 Å². The Hall–Kier alpha value is -1.62. The first-order valence-electron chi connectivity index (χ1n) is 5.25. The first-order chi connectivity index (χ1) is 8.66. The van der Waals surface area contributed by atoms with E-state index in [0.717, 1.165) is 11.8 Å². The lowest BCUT2D eigenvalue weighted by atomic mass is 10.1. The number of halogens is 2. The minimum atomic E-state index is -0.821. The van der Waals surface area contributed by atoms with Crippen LogP contribution in [0.4, 0.5) is 8.78 Å². The Balaban J connectivity index is 1.91. The minimum Gasteiger partial charge on any atom is -0.468 e. The van der Waals surface area contributed by atoms with E-state index < -0.39 is 11.6 Å². The molecule has 0 saturated carbocycles. The lowest BCUT2D eigenvalue weighted by Crippen LogP contribution is -2.05. The maximum Gasteiger partial charge on any atom is 0.175 e. The van der Waals surface area contributed by atoms with E-state index in [4.69, 9.17) is 4.42 Å². The van der Waals surface area contributed by atoms with Gasteiger partial charge in [-0.2, -0.15) is 0 Å². The van der Waals surface area contributed by atoms with Crippen LogP contribution in [0.15, 0.2) is 41.0 Å². The molecule has 0 saturated heterocycles. The molecule has 0 radical (unpaired) electrons. The number of carbonyl (C=O) groups is 1. The number of hydrogen-bond acceptors (Lipinski definition) is 3. The molecule has 0 aliphatic carbocycles. The van der Waals surface area contributed by atoms with Gasteiger partial charge in [0.25, 0.3) is 0 Å². The first kappa shape index (κ1) is 12.8. The predicted molar refractivity (Wildman–Crippen MR) is 65.6 cm³/mol. The van der Waals surface area contributed by atoms with E-state index in [0.29, 0.717) is 11.8 Å². The van der Waals surface area contributed by atoms with Gasteiger partial charge in [-0.25, -0.2) is 8.78 Å². The van der Waals surface area contributed by atoms with Crippen LogP contribution >= 0.6 is 11.8 Å². The second-order valence-electron chi connectivity index (χ2n) is 3.62. The lowest BCUT2D eigenvalue weighted by molar-refractivity contribution is 0.101. The number of thioether (sulfide) groups is 1. The molecule has 0 aliphatic rings. The second-order valence-corrected chi connectivity index (χ2v) is 4.61. The van der Waals surface area contributed by atoms with Crippen molar-refractivity contribution in [3.05, 3.63) is 59.6 Å². The Morgan fingerprint density at radius 2 is 2.11 bits per heavy atom. The zero-order valence-electron chi connectivity index (χ0n) is 9.36. The van der Waals surface area contributed by atoms with Gasteiger partial charge < -0.3 is 4.42 Å². The van der Waals surface area contributed by atoms with Crippen LogP contribution in [0.2, 0.25) is 0 Å². The minimum absolute atomic E-state index is 0.0802. The maximum absolute atomic E-state index is 13.3. The van der Waals surface area contributed by atoms with Crippen LogP contribution in [0.25, 0.3) is 0 Å². The van der Waals surface area contributed by atoms with Gasteiger partial charge in [-0.1, -0.05) is 0 Å². The number of ketones is 1. The molecule has 2 rings (SSSR count). The molecule has 0 fully saturated rings. The molecule has 18 heavy (non-hydrogen) atoms. The van der Waals surface area contributed by atoms with Crippen LogP contribution < -0.4 is 0 Å². The van der Waals surface area contributed by atoms with Crippen molar-refractivity contribution in [2.45, 2.75) is 5.75 Å². The Morgan fingerprint density at radius 1 is 1.28 bits per heavy atom. The van der Waals surface area contributed by atoms with Crippen LogP contribution in [0.3, 0.4) is 0 Å². The summed E-state index contributed by atoms with van der Waals surface area (Å²) in [5.74, 6) is -0.438. The summed E-state index contributed by atoms with van der Waals surface area (Å²) in [5.41, 5.74) is -0.0802. The van der Waals surface area contributed by atoms with Crippen LogP contribution in [0.1, 0.15) is 16.1 Å². The highest BCUT2D eigenvalue weighted by Gasteiger charge is 2.12. The summed E-state index contributed by atoms with van der Waals surface area (Å²) in [6, 6.07) is 6.52. The fourth-order valence-electron chi connectivity index (χ4n) is 1.43. The number of furan rings is 1. The third-order valence-corrected chi connectivity index (χ3v) is 3.24. The summed E-state index contributed by atoms with van der Waals surface area (Å²) in [6.45, 7) is 0. The second kappa shape index (κ2) is 5.82. The summed E-state index contributed by atoms with van der Waals surface area (Å²) in [7, 11) is 0. The van der Waals surface area contributed by atoms with E-state index in [1.807, 2.05) is 0 Å². The van der Waals surface area contributed by atoms with E-state index >= 15 is 0 Å². The Morgan fingerprint density at radius 3 is 2.78 bits per heavy atom. The van der Waals surface area contributed by atoms with Gasteiger partial charge in [0.2, 0.25) is 0 Å². The Kier molecular flexibility index (Phi) is 4.15. The molecule has 0 atom stereocenters. The molecular weight excluding hydrogens is 258 g/mol. The van der Waals surface area contributed by atoms with Crippen molar-refractivity contribution in [2.75, 3.05) is 5.75 Å². The zero-order chi connectivity index (χ0) is 13.0. The third-order valence-electron chi connectivity index (χ3n) is 2.29. The summed E-state index contributed by atoms with van der Waals surface area (Å²) in [5, 5.41) is 0. The number of Topliss-reactive ketones (excluding diaryl/α,β-unsaturated/α-hetero) is 1. The molecule has 0 amide bonds. The van der Waals surface area contributed by atoms with Gasteiger partial charge in [-0.15, -0.1) is 11.8 Å². The molecule has 1 aromatic carbocycles. The van der Waals surface area contributed by atoms with Crippen LogP contribution in [-0.2, 0) is 5.75 Å². The average molecular weight is 268 g/mol. The van der Waals surface area contributed by atoms with Gasteiger partial charge in [-0.3, -0.25) is 4.79 Å². The molecule has 0 unspecified atom stereocenters. The Labute approximate surface area is 107 Å². The fraction of sp³-hybridized carbons (Fsp3) is 0.154. The lowest BCUT2D eigenvalue weighted by Gasteiger charge is -2.02. The molecule has 1 aromatic heterocycles. The van der Waals surface area contributed by atoms with Gasteiger partial charge in [0, 0.05) is 6.07 Å². The molecule has 0 bridgehead atoms. The normalized spacial score (nSPS) is 10.6. The largest absolute Gasteiger partial charge is 0.468 e. The number of hydrogen-bond donors (Lipinski definition) is 0. The van der Waals surface area contributed by atoms with Gasteiger partial charge >= 0.3 is 0 Å². The van der Waals surface area contributed by atoms with E-state index in [1.165, 1.54) is 17.8 Å².